The van der Waals surface area contributed by atoms with Gasteiger partial charge in [-0.05, 0) is 68.1 Å². The highest BCUT2D eigenvalue weighted by atomic mass is 14.2. The van der Waals surface area contributed by atoms with Crippen LogP contribution in [0, 0.1) is 0 Å². The number of hydrogen-bond donors (Lipinski definition) is 0. The van der Waals surface area contributed by atoms with Crippen LogP contribution < -0.4 is 0 Å². The van der Waals surface area contributed by atoms with E-state index in [0.717, 1.165) is 0 Å². The Labute approximate surface area is 110 Å². The quantitative estimate of drug-likeness (QED) is 0.597. The smallest absolute Gasteiger partial charge is 0.0130 e. The van der Waals surface area contributed by atoms with Gasteiger partial charge in [0.1, 0.15) is 0 Å². The first kappa shape index (κ1) is 11.8. The summed E-state index contributed by atoms with van der Waals surface area (Å²) in [6.07, 6.45) is 15.4. The van der Waals surface area contributed by atoms with E-state index in [1.54, 1.807) is 22.3 Å². The van der Waals surface area contributed by atoms with Crippen LogP contribution in [-0.4, -0.2) is 0 Å². The topological polar surface area (TPSA) is 0 Å². The van der Waals surface area contributed by atoms with Crippen molar-refractivity contribution in [2.45, 2.75) is 51.4 Å². The largest absolute Gasteiger partial charge is 0.0802 e. The van der Waals surface area contributed by atoms with Crippen LogP contribution in [0.15, 0.2) is 47.6 Å². The Balaban J connectivity index is 0.000000111. The molecule has 0 spiro atoms. The number of allylic oxidation sites excluding steroid dienone is 4. The van der Waals surface area contributed by atoms with Crippen LogP contribution in [0.4, 0.5) is 0 Å². The molecule has 0 saturated heterocycles. The zero-order chi connectivity index (χ0) is 12.2. The molecule has 4 rings (SSSR count). The number of rotatable bonds is 0. The van der Waals surface area contributed by atoms with Crippen LogP contribution in [0.5, 0.6) is 0 Å². The number of fused-ring (bicyclic) bond motifs is 1. The van der Waals surface area contributed by atoms with Crippen molar-refractivity contribution in [2.24, 2.45) is 0 Å². The summed E-state index contributed by atoms with van der Waals surface area (Å²) in [6.45, 7) is 0. The zero-order valence-electron chi connectivity index (χ0n) is 11.1. The lowest BCUT2D eigenvalue weighted by molar-refractivity contribution is 0.681. The van der Waals surface area contributed by atoms with Crippen molar-refractivity contribution >= 4 is 0 Å². The molecule has 0 fully saturated rings. The van der Waals surface area contributed by atoms with Gasteiger partial charge in [-0.2, -0.15) is 0 Å². The van der Waals surface area contributed by atoms with Crippen molar-refractivity contribution < 1.29 is 0 Å². The minimum atomic E-state index is 1.26. The molecule has 3 aliphatic rings. The van der Waals surface area contributed by atoms with Gasteiger partial charge in [-0.1, -0.05) is 42.0 Å². The van der Waals surface area contributed by atoms with Crippen LogP contribution in [0.1, 0.15) is 49.7 Å². The van der Waals surface area contributed by atoms with Crippen LogP contribution in [0.25, 0.3) is 0 Å². The summed E-state index contributed by atoms with van der Waals surface area (Å²) >= 11 is 0. The predicted molar refractivity (Wildman–Crippen MR) is 77.7 cm³/mol. The molecule has 94 valence electrons. The highest BCUT2D eigenvalue weighted by Gasteiger charge is 2.12. The lowest BCUT2D eigenvalue weighted by Gasteiger charge is -2.12. The summed E-state index contributed by atoms with van der Waals surface area (Å²) < 4.78 is 0. The third-order valence-corrected chi connectivity index (χ3v) is 4.32. The number of benzene rings is 1. The minimum Gasteiger partial charge on any atom is -0.0802 e. The average molecular weight is 238 g/mol. The van der Waals surface area contributed by atoms with Crippen LogP contribution in [-0.2, 0) is 12.8 Å². The zero-order valence-corrected chi connectivity index (χ0v) is 11.1. The van der Waals surface area contributed by atoms with Gasteiger partial charge < -0.3 is 0 Å². The van der Waals surface area contributed by atoms with Crippen molar-refractivity contribution in [1.29, 1.82) is 0 Å². The molecule has 1 aromatic carbocycles. The van der Waals surface area contributed by atoms with Gasteiger partial charge in [-0.3, -0.25) is 0 Å². The van der Waals surface area contributed by atoms with Crippen molar-refractivity contribution in [3.8, 4) is 0 Å². The van der Waals surface area contributed by atoms with Crippen molar-refractivity contribution in [3.63, 3.8) is 0 Å². The molecular formula is C18H22. The highest BCUT2D eigenvalue weighted by Crippen LogP contribution is 2.31. The summed E-state index contributed by atoms with van der Waals surface area (Å²) in [5.41, 5.74) is 6.51. The fourth-order valence-corrected chi connectivity index (χ4v) is 3.28. The minimum absolute atomic E-state index is 1.26. The molecule has 3 aliphatic carbocycles. The van der Waals surface area contributed by atoms with Gasteiger partial charge in [0, 0.05) is 0 Å². The maximum atomic E-state index is 2.31. The summed E-state index contributed by atoms with van der Waals surface area (Å²) in [5, 5.41) is 0. The maximum Gasteiger partial charge on any atom is -0.0130 e. The second-order valence-electron chi connectivity index (χ2n) is 5.56. The van der Waals surface area contributed by atoms with Gasteiger partial charge in [0.2, 0.25) is 0 Å². The average Bonchev–Trinajstić information content (AvgIpc) is 3.08. The van der Waals surface area contributed by atoms with Gasteiger partial charge >= 0.3 is 0 Å². The molecule has 0 saturated carbocycles. The van der Waals surface area contributed by atoms with Crippen molar-refractivity contribution in [3.05, 3.63) is 58.7 Å². The fourth-order valence-electron chi connectivity index (χ4n) is 3.28. The Morgan fingerprint density at radius 2 is 1.44 bits per heavy atom. The molecule has 0 aliphatic heterocycles. The standard InChI is InChI=1S/C9H12.C9H10/c2*1-2-5-9-7-3-6-8(9)4-1/h3,6H,1-2,4-5,7H2;1-2,4-5H,3,6-7H2. The van der Waals surface area contributed by atoms with Gasteiger partial charge in [-0.15, -0.1) is 0 Å². The van der Waals surface area contributed by atoms with E-state index in [1.165, 1.54) is 51.4 Å². The van der Waals surface area contributed by atoms with E-state index < -0.39 is 0 Å². The molecule has 0 heteroatoms. The van der Waals surface area contributed by atoms with E-state index in [0.29, 0.717) is 0 Å². The normalized spacial score (nSPS) is 20.2. The lowest BCUT2D eigenvalue weighted by Crippen LogP contribution is -1.92. The fraction of sp³-hybridized carbons (Fsp3) is 0.444. The molecule has 0 atom stereocenters. The van der Waals surface area contributed by atoms with Gasteiger partial charge in [0.15, 0.2) is 0 Å². The molecule has 1 aromatic rings. The molecule has 18 heavy (non-hydrogen) atoms. The first-order chi connectivity index (χ1) is 8.93. The molecular weight excluding hydrogens is 216 g/mol. The lowest BCUT2D eigenvalue weighted by atomic mass is 9.94. The van der Waals surface area contributed by atoms with Crippen molar-refractivity contribution in [1.82, 2.24) is 0 Å². The van der Waals surface area contributed by atoms with E-state index in [1.807, 2.05) is 0 Å². The highest BCUT2D eigenvalue weighted by molar-refractivity contribution is 5.35. The number of hydrogen-bond acceptors (Lipinski definition) is 0. The SMILES string of the molecule is C1=CC2=C(C1)CCCC2.c1ccc2c(c1)CCC2. The summed E-state index contributed by atoms with van der Waals surface area (Å²) in [4.78, 5) is 0. The Morgan fingerprint density at radius 1 is 0.722 bits per heavy atom. The number of aryl methyl sites for hydroxylation is 2. The molecule has 0 N–H and O–H groups in total. The van der Waals surface area contributed by atoms with E-state index in [9.17, 15) is 0 Å². The molecule has 0 aromatic heterocycles. The Hall–Kier alpha value is -1.30. The second-order valence-corrected chi connectivity index (χ2v) is 5.56. The Morgan fingerprint density at radius 3 is 2.17 bits per heavy atom. The molecule has 0 heterocycles. The predicted octanol–water partition coefficient (Wildman–Crippen LogP) is 4.99. The van der Waals surface area contributed by atoms with Crippen LogP contribution in [0.3, 0.4) is 0 Å². The third-order valence-electron chi connectivity index (χ3n) is 4.32. The van der Waals surface area contributed by atoms with E-state index in [4.69, 9.17) is 0 Å². The molecule has 0 bridgehead atoms. The molecule has 0 amide bonds. The summed E-state index contributed by atoms with van der Waals surface area (Å²) in [5.74, 6) is 0. The van der Waals surface area contributed by atoms with E-state index in [2.05, 4.69) is 36.4 Å². The van der Waals surface area contributed by atoms with Gasteiger partial charge in [-0.25, -0.2) is 0 Å². The molecule has 0 unspecified atom stereocenters. The third kappa shape index (κ3) is 2.58. The van der Waals surface area contributed by atoms with E-state index >= 15 is 0 Å². The summed E-state index contributed by atoms with van der Waals surface area (Å²) in [6, 6.07) is 8.74. The summed E-state index contributed by atoms with van der Waals surface area (Å²) in [7, 11) is 0. The van der Waals surface area contributed by atoms with Gasteiger partial charge in [0.05, 0.1) is 0 Å². The molecule has 0 nitrogen and oxygen atoms in total. The monoisotopic (exact) mass is 238 g/mol. The van der Waals surface area contributed by atoms with Crippen LogP contribution >= 0.6 is 0 Å². The van der Waals surface area contributed by atoms with E-state index in [-0.39, 0.29) is 0 Å². The maximum absolute atomic E-state index is 2.31. The van der Waals surface area contributed by atoms with Crippen LogP contribution in [0.2, 0.25) is 0 Å². The molecule has 0 radical (unpaired) electrons. The Kier molecular flexibility index (Phi) is 3.64. The Bertz CT molecular complexity index is 454. The first-order valence-electron chi connectivity index (χ1n) is 7.38. The first-order valence-corrected chi connectivity index (χ1v) is 7.38. The van der Waals surface area contributed by atoms with Crippen molar-refractivity contribution in [2.75, 3.05) is 0 Å². The second kappa shape index (κ2) is 5.56. The van der Waals surface area contributed by atoms with Gasteiger partial charge in [0.25, 0.3) is 0 Å².